The Bertz CT molecular complexity index is 565. The Morgan fingerprint density at radius 2 is 1.39 bits per heavy atom. The number of nitrogens with two attached hydrogens (primary N) is 2. The summed E-state index contributed by atoms with van der Waals surface area (Å²) in [5.74, 6) is -5.80. The van der Waals surface area contributed by atoms with Crippen molar-refractivity contribution in [2.75, 3.05) is 23.3 Å². The first kappa shape index (κ1) is 17.9. The number of rotatable bonds is 9. The molecular formula is C11H16N6O6. The zero-order valence-corrected chi connectivity index (χ0v) is 11.9. The molecule has 0 saturated heterocycles. The Morgan fingerprint density at radius 3 is 1.83 bits per heavy atom. The molecule has 8 N–H and O–H groups in total. The summed E-state index contributed by atoms with van der Waals surface area (Å²) in [6, 6.07) is 0. The smallest absolute Gasteiger partial charge is 0.332 e. The van der Waals surface area contributed by atoms with Crippen LogP contribution in [0.2, 0.25) is 0 Å². The number of hydrogen-bond donors (Lipinski definition) is 6. The third-order valence-corrected chi connectivity index (χ3v) is 3.03. The fourth-order valence-corrected chi connectivity index (χ4v) is 1.80. The van der Waals surface area contributed by atoms with Crippen molar-refractivity contribution in [3.8, 4) is 0 Å². The Balaban J connectivity index is 2.56. The van der Waals surface area contributed by atoms with Crippen LogP contribution in [0.5, 0.6) is 0 Å². The molecule has 126 valence electrons. The van der Waals surface area contributed by atoms with Crippen molar-refractivity contribution >= 4 is 35.8 Å². The number of anilines is 3. The predicted molar refractivity (Wildman–Crippen MR) is 76.3 cm³/mol. The van der Waals surface area contributed by atoms with Crippen molar-refractivity contribution in [3.63, 3.8) is 0 Å². The number of hydrogen-bond acceptors (Lipinski definition) is 9. The number of carbonyl (C=O) groups is 3. The maximum Gasteiger partial charge on any atom is 0.332 e. The molecule has 0 fully saturated rings. The summed E-state index contributed by atoms with van der Waals surface area (Å²) in [6.45, 7) is 0.234. The average Bonchev–Trinajstić information content (AvgIpc) is 2.40. The quantitative estimate of drug-likeness (QED) is 0.234. The van der Waals surface area contributed by atoms with Crippen molar-refractivity contribution in [3.05, 3.63) is 0 Å². The number of carboxylic acid groups (broad SMARTS) is 3. The van der Waals surface area contributed by atoms with Gasteiger partial charge in [-0.25, -0.2) is 0 Å². The van der Waals surface area contributed by atoms with Crippen LogP contribution in [0.4, 0.5) is 17.8 Å². The van der Waals surface area contributed by atoms with Crippen LogP contribution < -0.4 is 16.8 Å². The van der Waals surface area contributed by atoms with Gasteiger partial charge in [-0.1, -0.05) is 0 Å². The van der Waals surface area contributed by atoms with Crippen LogP contribution in [0.15, 0.2) is 0 Å². The summed E-state index contributed by atoms with van der Waals surface area (Å²) < 4.78 is 0. The largest absolute Gasteiger partial charge is 0.480 e. The standard InChI is InChI=1S/C11H16N6O6/c12-8-15-9(13)17-10(16-8)14-4-2-1-3-11(5(18)19,6(20)21)7(22)23/h1-4H2,(H,18,19)(H,20,21)(H,22,23)(H5,12,13,14,15,16,17). The summed E-state index contributed by atoms with van der Waals surface area (Å²) >= 11 is 0. The molecule has 0 radical (unpaired) electrons. The highest BCUT2D eigenvalue weighted by molar-refractivity contribution is 6.16. The van der Waals surface area contributed by atoms with Gasteiger partial charge in [0.2, 0.25) is 17.8 Å². The van der Waals surface area contributed by atoms with Crippen molar-refractivity contribution < 1.29 is 29.7 Å². The molecule has 0 saturated carbocycles. The molecule has 0 aromatic carbocycles. The van der Waals surface area contributed by atoms with E-state index in [2.05, 4.69) is 20.3 Å². The van der Waals surface area contributed by atoms with Gasteiger partial charge in [0, 0.05) is 6.54 Å². The maximum atomic E-state index is 11.0. The van der Waals surface area contributed by atoms with E-state index in [0.29, 0.717) is 0 Å². The number of carboxylic acids is 3. The highest BCUT2D eigenvalue weighted by atomic mass is 16.4. The topological polar surface area (TPSA) is 215 Å². The second-order valence-electron chi connectivity index (χ2n) is 4.58. The summed E-state index contributed by atoms with van der Waals surface area (Å²) in [6.07, 6.45) is -0.245. The molecule has 1 heterocycles. The van der Waals surface area contributed by atoms with Gasteiger partial charge in [0.1, 0.15) is 0 Å². The maximum absolute atomic E-state index is 11.0. The molecule has 0 aliphatic rings. The van der Waals surface area contributed by atoms with E-state index in [1.54, 1.807) is 0 Å². The second kappa shape index (κ2) is 7.20. The second-order valence-corrected chi connectivity index (χ2v) is 4.58. The van der Waals surface area contributed by atoms with Gasteiger partial charge in [-0.3, -0.25) is 14.4 Å². The lowest BCUT2D eigenvalue weighted by Crippen LogP contribution is -2.46. The lowest BCUT2D eigenvalue weighted by molar-refractivity contribution is -0.176. The molecule has 0 bridgehead atoms. The summed E-state index contributed by atoms with van der Waals surface area (Å²) in [5.41, 5.74) is 7.88. The van der Waals surface area contributed by atoms with Crippen molar-refractivity contribution in [2.24, 2.45) is 5.41 Å². The first-order chi connectivity index (χ1) is 10.7. The summed E-state index contributed by atoms with van der Waals surface area (Å²) in [5, 5.41) is 29.5. The molecule has 0 aliphatic carbocycles. The minimum atomic E-state index is -2.86. The molecule has 0 amide bonds. The Labute approximate surface area is 129 Å². The van der Waals surface area contributed by atoms with E-state index in [4.69, 9.17) is 26.8 Å². The Kier molecular flexibility index (Phi) is 5.59. The molecule has 23 heavy (non-hydrogen) atoms. The van der Waals surface area contributed by atoms with E-state index in [0.717, 1.165) is 0 Å². The highest BCUT2D eigenvalue weighted by Crippen LogP contribution is 2.26. The fraction of sp³-hybridized carbons (Fsp3) is 0.455. The van der Waals surface area contributed by atoms with Gasteiger partial charge in [-0.15, -0.1) is 0 Å². The van der Waals surface area contributed by atoms with Gasteiger partial charge >= 0.3 is 17.9 Å². The van der Waals surface area contributed by atoms with E-state index in [1.807, 2.05) is 0 Å². The summed E-state index contributed by atoms with van der Waals surface area (Å²) in [4.78, 5) is 44.2. The minimum absolute atomic E-state index is 0.0357. The van der Waals surface area contributed by atoms with Crippen LogP contribution >= 0.6 is 0 Å². The number of aromatic nitrogens is 3. The van der Waals surface area contributed by atoms with Crippen LogP contribution in [0, 0.1) is 5.41 Å². The van der Waals surface area contributed by atoms with Gasteiger partial charge in [0.05, 0.1) is 0 Å². The molecule has 1 aromatic heterocycles. The lowest BCUT2D eigenvalue weighted by atomic mass is 9.83. The van der Waals surface area contributed by atoms with Crippen molar-refractivity contribution in [1.82, 2.24) is 15.0 Å². The number of unbranched alkanes of at least 4 members (excludes halogenated alkanes) is 1. The van der Waals surface area contributed by atoms with Gasteiger partial charge in [0.15, 0.2) is 0 Å². The Morgan fingerprint density at radius 1 is 0.913 bits per heavy atom. The molecule has 0 spiro atoms. The zero-order valence-electron chi connectivity index (χ0n) is 11.9. The number of nitrogens with zero attached hydrogens (tertiary/aromatic N) is 3. The van der Waals surface area contributed by atoms with Crippen molar-refractivity contribution in [2.45, 2.75) is 19.3 Å². The molecule has 1 aromatic rings. The van der Waals surface area contributed by atoms with Crippen LogP contribution in [0.25, 0.3) is 0 Å². The van der Waals surface area contributed by atoms with E-state index in [9.17, 15) is 14.4 Å². The molecule has 12 heteroatoms. The van der Waals surface area contributed by atoms with Gasteiger partial charge in [0.25, 0.3) is 5.41 Å². The van der Waals surface area contributed by atoms with E-state index in [1.165, 1.54) is 0 Å². The van der Waals surface area contributed by atoms with Crippen LogP contribution in [0.3, 0.4) is 0 Å². The Hall–Kier alpha value is -3.18. The van der Waals surface area contributed by atoms with E-state index < -0.39 is 29.7 Å². The average molecular weight is 328 g/mol. The zero-order chi connectivity index (χ0) is 17.6. The van der Waals surface area contributed by atoms with E-state index >= 15 is 0 Å². The first-order valence-corrected chi connectivity index (χ1v) is 6.41. The lowest BCUT2D eigenvalue weighted by Gasteiger charge is -2.19. The monoisotopic (exact) mass is 328 g/mol. The molecule has 0 atom stereocenters. The number of nitrogen functional groups attached to an aromatic ring is 2. The molecular weight excluding hydrogens is 312 g/mol. The van der Waals surface area contributed by atoms with E-state index in [-0.39, 0.29) is 37.2 Å². The summed E-state index contributed by atoms with van der Waals surface area (Å²) in [7, 11) is 0. The molecule has 1 rings (SSSR count). The molecule has 0 aliphatic heterocycles. The normalized spacial score (nSPS) is 11.0. The number of aliphatic carboxylic acids is 3. The third kappa shape index (κ3) is 4.15. The predicted octanol–water partition coefficient (Wildman–Crippen LogP) is -1.14. The SMILES string of the molecule is Nc1nc(N)nc(NCCCCC(C(=O)O)(C(=O)O)C(=O)O)n1. The highest BCUT2D eigenvalue weighted by Gasteiger charge is 2.53. The minimum Gasteiger partial charge on any atom is -0.480 e. The number of nitrogens with one attached hydrogen (secondary N) is 1. The van der Waals surface area contributed by atoms with Gasteiger partial charge in [-0.2, -0.15) is 15.0 Å². The fourth-order valence-electron chi connectivity index (χ4n) is 1.80. The first-order valence-electron chi connectivity index (χ1n) is 6.41. The third-order valence-electron chi connectivity index (χ3n) is 3.03. The molecule has 0 unspecified atom stereocenters. The molecule has 12 nitrogen and oxygen atoms in total. The van der Waals surface area contributed by atoms with Crippen molar-refractivity contribution in [1.29, 1.82) is 0 Å². The van der Waals surface area contributed by atoms with Crippen LogP contribution in [-0.2, 0) is 14.4 Å². The van der Waals surface area contributed by atoms with Crippen LogP contribution in [-0.4, -0.2) is 54.7 Å². The van der Waals surface area contributed by atoms with Gasteiger partial charge in [-0.05, 0) is 19.3 Å². The van der Waals surface area contributed by atoms with Crippen LogP contribution in [0.1, 0.15) is 19.3 Å². The van der Waals surface area contributed by atoms with Gasteiger partial charge < -0.3 is 32.1 Å².